The summed E-state index contributed by atoms with van der Waals surface area (Å²) in [4.78, 5) is 7.70. The number of nitrogens with one attached hydrogen (secondary N) is 1. The molecule has 3 aromatic rings. The molecule has 1 N–H and O–H groups in total. The summed E-state index contributed by atoms with van der Waals surface area (Å²) < 4.78 is 26.8. The van der Waals surface area contributed by atoms with Gasteiger partial charge < -0.3 is 4.98 Å². The molecule has 1 aliphatic heterocycles. The highest BCUT2D eigenvalue weighted by molar-refractivity contribution is 7.89. The van der Waals surface area contributed by atoms with Crippen LogP contribution in [0.25, 0.3) is 22.2 Å². The number of aromatic amines is 1. The Morgan fingerprint density at radius 3 is 2.52 bits per heavy atom. The van der Waals surface area contributed by atoms with Crippen LogP contribution >= 0.6 is 0 Å². The van der Waals surface area contributed by atoms with Crippen LogP contribution in [0.3, 0.4) is 0 Å². The summed E-state index contributed by atoms with van der Waals surface area (Å²) in [5.74, 6) is 2.57. The highest BCUT2D eigenvalue weighted by Crippen LogP contribution is 2.29. The molecule has 1 aromatic carbocycles. The lowest BCUT2D eigenvalue weighted by atomic mass is 10.0. The molecule has 0 bridgehead atoms. The van der Waals surface area contributed by atoms with Gasteiger partial charge in [0.05, 0.1) is 10.6 Å². The number of terminal acetylenes is 1. The van der Waals surface area contributed by atoms with Crippen molar-refractivity contribution >= 4 is 21.1 Å². The molecule has 4 rings (SSSR count). The minimum absolute atomic E-state index is 0.335. The van der Waals surface area contributed by atoms with Crippen molar-refractivity contribution in [2.45, 2.75) is 17.7 Å². The predicted octanol–water partition coefficient (Wildman–Crippen LogP) is 3.00. The van der Waals surface area contributed by atoms with Gasteiger partial charge in [0, 0.05) is 24.7 Å². The van der Waals surface area contributed by atoms with Crippen molar-refractivity contribution in [2.75, 3.05) is 13.1 Å². The number of benzene rings is 1. The van der Waals surface area contributed by atoms with Crippen LogP contribution in [0, 0.1) is 12.3 Å². The van der Waals surface area contributed by atoms with Crippen LogP contribution < -0.4 is 0 Å². The zero-order chi connectivity index (χ0) is 17.4. The van der Waals surface area contributed by atoms with Gasteiger partial charge in [-0.3, -0.25) is 0 Å². The molecule has 126 valence electrons. The fraction of sp³-hybridized carbons (Fsp3) is 0.211. The van der Waals surface area contributed by atoms with Crippen molar-refractivity contribution in [3.05, 3.63) is 48.3 Å². The molecule has 0 radical (unpaired) electrons. The minimum Gasteiger partial charge on any atom is -0.333 e. The molecular formula is C19H17N3O2S. The van der Waals surface area contributed by atoms with E-state index in [2.05, 4.69) is 15.9 Å². The number of aromatic nitrogens is 2. The van der Waals surface area contributed by atoms with E-state index >= 15 is 0 Å². The molecule has 0 spiro atoms. The van der Waals surface area contributed by atoms with Crippen LogP contribution in [-0.2, 0) is 10.0 Å². The summed E-state index contributed by atoms with van der Waals surface area (Å²) in [6.07, 6.45) is 9.02. The van der Waals surface area contributed by atoms with Gasteiger partial charge in [0.2, 0.25) is 10.0 Å². The van der Waals surface area contributed by atoms with E-state index in [-0.39, 0.29) is 0 Å². The quantitative estimate of drug-likeness (QED) is 0.738. The van der Waals surface area contributed by atoms with Gasteiger partial charge in [-0.25, -0.2) is 13.4 Å². The Hall–Kier alpha value is -2.62. The zero-order valence-electron chi connectivity index (χ0n) is 13.6. The van der Waals surface area contributed by atoms with Gasteiger partial charge in [0.1, 0.15) is 5.65 Å². The average molecular weight is 351 g/mol. The van der Waals surface area contributed by atoms with Gasteiger partial charge >= 0.3 is 0 Å². The first-order valence-corrected chi connectivity index (χ1v) is 9.58. The topological polar surface area (TPSA) is 66.1 Å². The minimum atomic E-state index is -3.39. The van der Waals surface area contributed by atoms with Crippen molar-refractivity contribution in [2.24, 2.45) is 0 Å². The number of hydrogen-bond donors (Lipinski definition) is 1. The van der Waals surface area contributed by atoms with Gasteiger partial charge in [0.25, 0.3) is 0 Å². The Morgan fingerprint density at radius 1 is 1.12 bits per heavy atom. The summed E-state index contributed by atoms with van der Waals surface area (Å²) in [6.45, 7) is 1.21. The van der Waals surface area contributed by atoms with Crippen LogP contribution in [0.1, 0.15) is 18.5 Å². The molecule has 6 heteroatoms. The second-order valence-corrected chi connectivity index (χ2v) is 8.02. The van der Waals surface area contributed by atoms with Gasteiger partial charge in [0.15, 0.2) is 0 Å². The van der Waals surface area contributed by atoms with E-state index in [4.69, 9.17) is 6.42 Å². The molecule has 0 atom stereocenters. The number of H-pyrrole nitrogens is 1. The van der Waals surface area contributed by atoms with Gasteiger partial charge in [-0.2, -0.15) is 4.31 Å². The molecule has 3 heterocycles. The fourth-order valence-electron chi connectivity index (χ4n) is 3.24. The van der Waals surface area contributed by atoms with E-state index in [9.17, 15) is 8.42 Å². The molecule has 5 nitrogen and oxygen atoms in total. The van der Waals surface area contributed by atoms with E-state index in [1.54, 1.807) is 22.6 Å². The summed E-state index contributed by atoms with van der Waals surface area (Å²) in [5.41, 5.74) is 3.28. The summed E-state index contributed by atoms with van der Waals surface area (Å²) >= 11 is 0. The lowest BCUT2D eigenvalue weighted by Gasteiger charge is -2.15. The molecule has 1 aliphatic rings. The largest absolute Gasteiger partial charge is 0.333 e. The first-order valence-electron chi connectivity index (χ1n) is 8.14. The smallest absolute Gasteiger partial charge is 0.243 e. The zero-order valence-corrected chi connectivity index (χ0v) is 14.4. The van der Waals surface area contributed by atoms with Gasteiger partial charge in [-0.05, 0) is 48.2 Å². The SMILES string of the molecule is C#Cc1cc2c(-c3ccc(S(=O)(=O)N4CCCC4)cc3)ccnc2[nH]1. The number of hydrogen-bond acceptors (Lipinski definition) is 3. The van der Waals surface area contributed by atoms with Crippen molar-refractivity contribution in [3.8, 4) is 23.5 Å². The van der Waals surface area contributed by atoms with Crippen LogP contribution in [-0.4, -0.2) is 35.8 Å². The Morgan fingerprint density at radius 2 is 1.84 bits per heavy atom. The summed E-state index contributed by atoms with van der Waals surface area (Å²) in [7, 11) is -3.39. The maximum atomic E-state index is 12.6. The number of nitrogens with zero attached hydrogens (tertiary/aromatic N) is 2. The van der Waals surface area contributed by atoms with Crippen molar-refractivity contribution in [3.63, 3.8) is 0 Å². The number of pyridine rings is 1. The summed E-state index contributed by atoms with van der Waals surface area (Å²) in [5, 5.41) is 0.922. The number of fused-ring (bicyclic) bond motifs is 1. The molecule has 1 saturated heterocycles. The monoisotopic (exact) mass is 351 g/mol. The Balaban J connectivity index is 1.74. The summed E-state index contributed by atoms with van der Waals surface area (Å²) in [6, 6.07) is 10.8. The fourth-order valence-corrected chi connectivity index (χ4v) is 4.76. The van der Waals surface area contributed by atoms with Gasteiger partial charge in [-0.15, -0.1) is 6.42 Å². The van der Waals surface area contributed by atoms with Crippen molar-refractivity contribution in [1.29, 1.82) is 0 Å². The second-order valence-electron chi connectivity index (χ2n) is 6.08. The first kappa shape index (κ1) is 15.9. The molecular weight excluding hydrogens is 334 g/mol. The molecule has 0 aliphatic carbocycles. The Kier molecular flexibility index (Phi) is 3.83. The predicted molar refractivity (Wildman–Crippen MR) is 97.5 cm³/mol. The van der Waals surface area contributed by atoms with E-state index < -0.39 is 10.0 Å². The maximum absolute atomic E-state index is 12.6. The third kappa shape index (κ3) is 2.72. The maximum Gasteiger partial charge on any atom is 0.243 e. The molecule has 0 saturated carbocycles. The standard InChI is InChI=1S/C19H17N3O2S/c1-2-15-13-18-17(9-10-20-19(18)21-15)14-5-7-16(8-6-14)25(23,24)22-11-3-4-12-22/h1,5-10,13H,3-4,11-12H2,(H,20,21). The third-order valence-corrected chi connectivity index (χ3v) is 6.47. The van der Waals surface area contributed by atoms with Gasteiger partial charge in [-0.1, -0.05) is 18.1 Å². The first-order chi connectivity index (χ1) is 12.1. The van der Waals surface area contributed by atoms with E-state index in [0.717, 1.165) is 35.0 Å². The Bertz CT molecular complexity index is 1070. The highest BCUT2D eigenvalue weighted by atomic mass is 32.2. The Labute approximate surface area is 146 Å². The van der Waals surface area contributed by atoms with E-state index in [0.29, 0.717) is 23.7 Å². The molecule has 0 amide bonds. The van der Waals surface area contributed by atoms with Crippen LogP contribution in [0.5, 0.6) is 0 Å². The van der Waals surface area contributed by atoms with E-state index in [1.165, 1.54) is 0 Å². The second kappa shape index (κ2) is 6.03. The van der Waals surface area contributed by atoms with Crippen LogP contribution in [0.4, 0.5) is 0 Å². The molecule has 25 heavy (non-hydrogen) atoms. The number of rotatable bonds is 3. The van der Waals surface area contributed by atoms with Crippen molar-refractivity contribution in [1.82, 2.24) is 14.3 Å². The average Bonchev–Trinajstić information content (AvgIpc) is 3.31. The number of sulfonamides is 1. The lowest BCUT2D eigenvalue weighted by molar-refractivity contribution is 0.477. The van der Waals surface area contributed by atoms with E-state index in [1.807, 2.05) is 24.3 Å². The molecule has 2 aromatic heterocycles. The van der Waals surface area contributed by atoms with Crippen LogP contribution in [0.15, 0.2) is 47.5 Å². The molecule has 1 fully saturated rings. The highest BCUT2D eigenvalue weighted by Gasteiger charge is 2.26. The lowest BCUT2D eigenvalue weighted by Crippen LogP contribution is -2.27. The normalized spacial score (nSPS) is 15.5. The third-order valence-electron chi connectivity index (χ3n) is 4.56. The van der Waals surface area contributed by atoms with Crippen LogP contribution in [0.2, 0.25) is 0 Å². The molecule has 0 unspecified atom stereocenters. The van der Waals surface area contributed by atoms with Crippen molar-refractivity contribution < 1.29 is 8.42 Å².